The minimum atomic E-state index is 0. The van der Waals surface area contributed by atoms with Gasteiger partial charge in [-0.25, -0.2) is 0 Å². The smallest absolute Gasteiger partial charge is 0 e. The molecule has 4 heteroatoms. The molecule has 0 rings (SSSR count). The zero-order chi connectivity index (χ0) is 0. The molecule has 0 aliphatic heterocycles. The van der Waals surface area contributed by atoms with E-state index in [0.29, 0.717) is 0 Å². The molecular weight excluding hydrogens is 146 g/mol. The Kier molecular flexibility index (Phi) is 1640. The Labute approximate surface area is 58.0 Å². The van der Waals surface area contributed by atoms with Crippen molar-refractivity contribution in [3.05, 3.63) is 0 Å². The normalized spacial score (nSPS) is 0. The summed E-state index contributed by atoms with van der Waals surface area (Å²) in [4.78, 5) is 0. The predicted molar refractivity (Wildman–Crippen MR) is 15.4 cm³/mol. The van der Waals surface area contributed by atoms with Gasteiger partial charge < -0.3 is 11.6 Å². The van der Waals surface area contributed by atoms with Gasteiger partial charge in [0.2, 0.25) is 0 Å². The van der Waals surface area contributed by atoms with Gasteiger partial charge in [-0.3, -0.25) is 0 Å². The molecule has 0 saturated carbocycles. The molecule has 0 aliphatic carbocycles. The van der Waals surface area contributed by atoms with E-state index in [1.807, 2.05) is 0 Å². The molecule has 0 aliphatic rings. The van der Waals surface area contributed by atoms with Crippen molar-refractivity contribution in [2.45, 2.75) is 7.43 Å². The quantitative estimate of drug-likeness (QED) is 0.490. The maximum atomic E-state index is 0. The van der Waals surface area contributed by atoms with E-state index in [9.17, 15) is 0 Å². The first kappa shape index (κ1) is 123. The zero-order valence-electron chi connectivity index (χ0n) is 2.06. The monoisotopic (exact) mass is 155 g/mol. The van der Waals surface area contributed by atoms with Crippen molar-refractivity contribution >= 4 is 0 Å². The van der Waals surface area contributed by atoms with Crippen molar-refractivity contribution in [3.8, 4) is 0 Å². The molecule has 5 heavy (non-hydrogen) atoms. The van der Waals surface area contributed by atoms with Crippen LogP contribution in [0.3, 0.4) is 0 Å². The molecule has 0 heterocycles. The Morgan fingerprint density at radius 1 is 1.00 bits per heavy atom. The first-order chi connectivity index (χ1) is 0. The zero-order valence-corrected chi connectivity index (χ0v) is 4.73. The average molecular weight is 155 g/mol. The summed E-state index contributed by atoms with van der Waals surface area (Å²) in [7, 11) is 0. The third kappa shape index (κ3) is 38.5. The van der Waals surface area contributed by atoms with Gasteiger partial charge in [0.25, 0.3) is 0 Å². The van der Waals surface area contributed by atoms with Crippen LogP contribution in [0.2, 0.25) is 0 Å². The minimum absolute atomic E-state index is 0. The van der Waals surface area contributed by atoms with Gasteiger partial charge in [-0.2, -0.15) is 0 Å². The van der Waals surface area contributed by atoms with Crippen molar-refractivity contribution in [2.24, 2.45) is 0 Å². The third-order valence-corrected chi connectivity index (χ3v) is 0. The maximum Gasteiger partial charge on any atom is 0 e. The van der Waals surface area contributed by atoms with Gasteiger partial charge >= 0.3 is 0 Å². The minimum Gasteiger partial charge on any atom is -0.412 e. The standard InChI is InChI=1S/CH4.Fe.H3N.H2O.Ti/h1H4;;1H3;1H2;. The van der Waals surface area contributed by atoms with Crippen molar-refractivity contribution in [1.82, 2.24) is 6.15 Å². The summed E-state index contributed by atoms with van der Waals surface area (Å²) in [6.45, 7) is 0. The summed E-state index contributed by atoms with van der Waals surface area (Å²) in [5, 5.41) is 0. The molecule has 0 aromatic heterocycles. The summed E-state index contributed by atoms with van der Waals surface area (Å²) in [5.74, 6) is 0. The largest absolute Gasteiger partial charge is 0.412 e. The van der Waals surface area contributed by atoms with Crippen LogP contribution < -0.4 is 6.15 Å². The van der Waals surface area contributed by atoms with E-state index in [4.69, 9.17) is 0 Å². The first-order valence-electron chi connectivity index (χ1n) is 0. The Bertz CT molecular complexity index is 11.6. The van der Waals surface area contributed by atoms with E-state index >= 15 is 0 Å². The van der Waals surface area contributed by atoms with Crippen LogP contribution in [0.25, 0.3) is 0 Å². The van der Waals surface area contributed by atoms with Crippen LogP contribution in [0.4, 0.5) is 0 Å². The topological polar surface area (TPSA) is 66.5 Å². The molecule has 0 saturated heterocycles. The van der Waals surface area contributed by atoms with Crippen molar-refractivity contribution < 1.29 is 44.3 Å². The average Bonchev–Trinajstić information content (AvgIpc) is 0. The predicted octanol–water partition coefficient (Wildman–Crippen LogP) is -0.0316. The second-order valence-electron chi connectivity index (χ2n) is 0. The van der Waals surface area contributed by atoms with Crippen molar-refractivity contribution in [1.29, 1.82) is 0 Å². The van der Waals surface area contributed by atoms with Crippen molar-refractivity contribution in [2.75, 3.05) is 0 Å². The van der Waals surface area contributed by atoms with Gasteiger partial charge in [0.1, 0.15) is 0 Å². The van der Waals surface area contributed by atoms with E-state index < -0.39 is 0 Å². The molecule has 5 N–H and O–H groups in total. The molecule has 2 nitrogen and oxygen atoms in total. The number of rotatable bonds is 0. The maximum absolute atomic E-state index is 0. The van der Waals surface area contributed by atoms with E-state index in [-0.39, 0.29) is 57.8 Å². The van der Waals surface area contributed by atoms with Gasteiger partial charge in [-0.15, -0.1) is 0 Å². The van der Waals surface area contributed by atoms with Crippen molar-refractivity contribution in [3.63, 3.8) is 0 Å². The number of hydrogen-bond acceptors (Lipinski definition) is 1. The SMILES string of the molecule is C.N.O.[Fe].[Ti]. The molecule has 0 radical (unpaired) electrons. The molecule has 0 aromatic carbocycles. The summed E-state index contributed by atoms with van der Waals surface area (Å²) in [6.07, 6.45) is 0. The third-order valence-electron chi connectivity index (χ3n) is 0. The molecule has 0 fully saturated rings. The fraction of sp³-hybridized carbons (Fsp3) is 1.00. The van der Waals surface area contributed by atoms with Crippen LogP contribution in [0, 0.1) is 0 Å². The van der Waals surface area contributed by atoms with Gasteiger partial charge in [0, 0.05) is 38.8 Å². The van der Waals surface area contributed by atoms with Crippen LogP contribution in [0.15, 0.2) is 0 Å². The van der Waals surface area contributed by atoms with Gasteiger partial charge in [-0.1, -0.05) is 7.43 Å². The van der Waals surface area contributed by atoms with Crippen LogP contribution >= 0.6 is 0 Å². The summed E-state index contributed by atoms with van der Waals surface area (Å²) in [5.41, 5.74) is 0. The van der Waals surface area contributed by atoms with Gasteiger partial charge in [-0.05, 0) is 0 Å². The Morgan fingerprint density at radius 3 is 1.00 bits per heavy atom. The molecular formula is CH9FeNOTi. The molecule has 0 amide bonds. The van der Waals surface area contributed by atoms with E-state index in [2.05, 4.69) is 0 Å². The summed E-state index contributed by atoms with van der Waals surface area (Å²) in [6, 6.07) is 0. The van der Waals surface area contributed by atoms with Crippen LogP contribution in [-0.2, 0) is 38.8 Å². The van der Waals surface area contributed by atoms with Crippen LogP contribution in [0.1, 0.15) is 7.43 Å². The number of hydrogen-bond donors (Lipinski definition) is 1. The second kappa shape index (κ2) is 66.8. The molecule has 0 atom stereocenters. The van der Waals surface area contributed by atoms with Gasteiger partial charge in [0.15, 0.2) is 0 Å². The fourth-order valence-corrected chi connectivity index (χ4v) is 0. The Hall–Kier alpha value is 1.15. The molecule has 36 valence electrons. The Balaban J connectivity index is 0. The second-order valence-corrected chi connectivity index (χ2v) is 0. The molecule has 0 spiro atoms. The van der Waals surface area contributed by atoms with E-state index in [0.717, 1.165) is 0 Å². The van der Waals surface area contributed by atoms with E-state index in [1.54, 1.807) is 0 Å². The van der Waals surface area contributed by atoms with E-state index in [1.165, 1.54) is 0 Å². The molecule has 0 unspecified atom stereocenters. The fourth-order valence-electron chi connectivity index (χ4n) is 0. The van der Waals surface area contributed by atoms with Crippen LogP contribution in [0.5, 0.6) is 0 Å². The summed E-state index contributed by atoms with van der Waals surface area (Å²) < 4.78 is 0. The molecule has 0 bridgehead atoms. The van der Waals surface area contributed by atoms with Gasteiger partial charge in [0.05, 0.1) is 0 Å². The first-order valence-corrected chi connectivity index (χ1v) is 0. The summed E-state index contributed by atoms with van der Waals surface area (Å²) >= 11 is 0. The Morgan fingerprint density at radius 2 is 1.00 bits per heavy atom. The van der Waals surface area contributed by atoms with Crippen LogP contribution in [-0.4, -0.2) is 5.48 Å². The molecule has 0 aromatic rings.